The molecular formula is C65H109KN2O7. The van der Waals surface area contributed by atoms with Gasteiger partial charge in [0.15, 0.2) is 0 Å². The molecule has 0 aromatic heterocycles. The van der Waals surface area contributed by atoms with Crippen LogP contribution in [0.4, 0.5) is 0 Å². The number of ether oxygens (including phenoxy) is 1. The molecule has 0 spiro atoms. The van der Waals surface area contributed by atoms with Crippen LogP contribution in [0.3, 0.4) is 0 Å². The zero-order chi connectivity index (χ0) is 53.3. The van der Waals surface area contributed by atoms with E-state index in [-0.39, 0.29) is 103 Å². The summed E-state index contributed by atoms with van der Waals surface area (Å²) in [5, 5.41) is 38.1. The molecular weight excluding hydrogens is 960 g/mol. The van der Waals surface area contributed by atoms with E-state index in [1.807, 2.05) is 0 Å². The standard InChI is InChI=1S/C33H55NO3.C32H53NO3.K.H2O/c1-21(2)22-11-16-33(20-34-19-27(36)37-8)18-17-31(6)23(28(22)33)9-10-25-30(5)14-13-26(35)29(3,4)24(30)12-15-32(25,31)7;1-20(2)21-10-15-32(19-33-18-26(35)36)17-16-30(6)22(27(21)32)8-9-24-29(5)13-12-25(34)28(3,4)23(29)11-14-31(24,30)7;;/h22-26,28,34-35H,1,9-20H2,2-8H3;21-25,27,33-34H,1,8-19H2,2-7H3,(H,35,36);;1H2/q;;+1;/p-1/t22-,23+,24-,25+,26-,28+,30-,31+,32+,33+;21-,22+,23-,24+,25-,27+,29-,30+,31+,32+;;/m00../s1. The monoisotopic (exact) mass is 1070 g/mol. The summed E-state index contributed by atoms with van der Waals surface area (Å²) in [5.41, 5.74) is 5.14. The number of aliphatic carboxylic acids is 1. The largest absolute Gasteiger partial charge is 1.00 e. The predicted octanol–water partition coefficient (Wildman–Crippen LogP) is 10.3. The van der Waals surface area contributed by atoms with Crippen molar-refractivity contribution in [3.8, 4) is 0 Å². The molecule has 0 bridgehead atoms. The van der Waals surface area contributed by atoms with Crippen molar-refractivity contribution in [2.45, 2.75) is 224 Å². The SMILES string of the molecule is C=C(C)[C@@H]1CC[C@]2(CNCC(=O)O)CC[C@]3(C)[C@H](CC[C@@H]4[C@@]5(C)CC[C@H](O)C(C)(C)[C@@H]5CC[C@]43C)[C@@H]12.C=C(C)[C@@H]1CC[C@]2(CNCC(=O)OC)CC[C@]3(C)[C@H](CC[C@@H]4[C@@]5(C)CC[C@H](O)C(C)(C)[C@@H]5CC[C@]43C)[C@@H]12.[K+].[OH-]. The zero-order valence-corrected chi connectivity index (χ0v) is 53.4. The molecule has 0 unspecified atom stereocenters. The van der Waals surface area contributed by atoms with Crippen LogP contribution in [0, 0.1) is 113 Å². The number of esters is 1. The Morgan fingerprint density at radius 1 is 0.507 bits per heavy atom. The smallest absolute Gasteiger partial charge is 0.870 e. The summed E-state index contributed by atoms with van der Waals surface area (Å²) in [6.07, 6.45) is 24.3. The molecule has 0 aliphatic heterocycles. The molecule has 422 valence electrons. The van der Waals surface area contributed by atoms with Crippen LogP contribution in [0.5, 0.6) is 0 Å². The summed E-state index contributed by atoms with van der Waals surface area (Å²) in [7, 11) is 1.48. The number of nitrogens with one attached hydrogen (secondary N) is 2. The molecule has 10 fully saturated rings. The molecule has 10 aliphatic carbocycles. The topological polar surface area (TPSA) is 158 Å². The molecule has 6 N–H and O–H groups in total. The van der Waals surface area contributed by atoms with E-state index in [0.29, 0.717) is 86.4 Å². The van der Waals surface area contributed by atoms with Gasteiger partial charge in [-0.05, 0) is 256 Å². The summed E-state index contributed by atoms with van der Waals surface area (Å²) >= 11 is 0. The van der Waals surface area contributed by atoms with E-state index in [0.717, 1.165) is 37.8 Å². The molecule has 0 saturated heterocycles. The second kappa shape index (κ2) is 21.6. The summed E-state index contributed by atoms with van der Waals surface area (Å²) in [5.74, 6) is 5.59. The molecule has 0 aromatic carbocycles. The van der Waals surface area contributed by atoms with Gasteiger partial charge in [-0.3, -0.25) is 9.59 Å². The number of carbonyl (C=O) groups excluding carboxylic acids is 1. The average molecular weight is 1070 g/mol. The van der Waals surface area contributed by atoms with E-state index in [2.05, 4.69) is 107 Å². The molecule has 0 heterocycles. The fourth-order valence-corrected chi connectivity index (χ4v) is 24.1. The number of aliphatic hydroxyl groups is 2. The molecule has 0 aromatic rings. The normalized spacial score (nSPS) is 49.5. The fourth-order valence-electron chi connectivity index (χ4n) is 24.1. The third kappa shape index (κ3) is 9.36. The number of hydrogen-bond donors (Lipinski definition) is 5. The minimum atomic E-state index is -0.753. The number of hydrogen-bond acceptors (Lipinski definition) is 8. The molecule has 75 heavy (non-hydrogen) atoms. The fraction of sp³-hybridized carbons (Fsp3) is 0.908. The molecule has 10 aliphatic rings. The number of carboxylic acid groups (broad SMARTS) is 1. The Bertz CT molecular complexity index is 2150. The van der Waals surface area contributed by atoms with Gasteiger partial charge in [0.1, 0.15) is 0 Å². The maximum atomic E-state index is 11.9. The van der Waals surface area contributed by atoms with Crippen molar-refractivity contribution >= 4 is 11.9 Å². The molecule has 10 saturated carbocycles. The first-order valence-corrected chi connectivity index (χ1v) is 30.4. The number of allylic oxidation sites excluding steroid dienone is 2. The predicted molar refractivity (Wildman–Crippen MR) is 297 cm³/mol. The second-order valence-corrected chi connectivity index (χ2v) is 31.0. The van der Waals surface area contributed by atoms with E-state index in [1.165, 1.54) is 134 Å². The van der Waals surface area contributed by atoms with Crippen molar-refractivity contribution in [2.75, 3.05) is 33.3 Å². The second-order valence-electron chi connectivity index (χ2n) is 31.0. The van der Waals surface area contributed by atoms with Gasteiger partial charge in [-0.25, -0.2) is 0 Å². The maximum Gasteiger partial charge on any atom is 1.00 e. The molecule has 20 atom stereocenters. The Morgan fingerprint density at radius 2 is 0.893 bits per heavy atom. The van der Waals surface area contributed by atoms with Gasteiger partial charge >= 0.3 is 63.3 Å². The van der Waals surface area contributed by atoms with Crippen LogP contribution in [0.25, 0.3) is 0 Å². The van der Waals surface area contributed by atoms with E-state index in [4.69, 9.17) is 4.74 Å². The number of rotatable bonds is 10. The van der Waals surface area contributed by atoms with Crippen molar-refractivity contribution in [3.63, 3.8) is 0 Å². The Balaban J connectivity index is 0.000000213. The van der Waals surface area contributed by atoms with Crippen LogP contribution in [-0.2, 0) is 14.3 Å². The maximum absolute atomic E-state index is 11.9. The number of fused-ring (bicyclic) bond motifs is 14. The van der Waals surface area contributed by atoms with E-state index >= 15 is 0 Å². The molecule has 10 heteroatoms. The van der Waals surface area contributed by atoms with Gasteiger partial charge in [0.25, 0.3) is 0 Å². The van der Waals surface area contributed by atoms with Crippen LogP contribution in [0.15, 0.2) is 24.3 Å². The Morgan fingerprint density at radius 3 is 1.25 bits per heavy atom. The van der Waals surface area contributed by atoms with Gasteiger partial charge in [0, 0.05) is 13.1 Å². The molecule has 0 amide bonds. The van der Waals surface area contributed by atoms with Crippen molar-refractivity contribution in [2.24, 2.45) is 113 Å². The van der Waals surface area contributed by atoms with Gasteiger partial charge in [-0.1, -0.05) is 93.5 Å². The third-order valence-corrected chi connectivity index (χ3v) is 28.2. The number of aliphatic hydroxyl groups excluding tert-OH is 2. The molecule has 9 nitrogen and oxygen atoms in total. The van der Waals surface area contributed by atoms with Gasteiger partial charge < -0.3 is 36.2 Å². The van der Waals surface area contributed by atoms with E-state index < -0.39 is 5.97 Å². The average Bonchev–Trinajstić information content (AvgIpc) is 3.90. The summed E-state index contributed by atoms with van der Waals surface area (Å²) in [6, 6.07) is 0. The molecule has 0 radical (unpaired) electrons. The van der Waals surface area contributed by atoms with Crippen molar-refractivity contribution in [1.29, 1.82) is 0 Å². The minimum absolute atomic E-state index is 0. The van der Waals surface area contributed by atoms with Crippen LogP contribution in [-0.4, -0.2) is 78.2 Å². The molecule has 10 rings (SSSR count). The first-order chi connectivity index (χ1) is 34.0. The third-order valence-electron chi connectivity index (χ3n) is 28.2. The van der Waals surface area contributed by atoms with Gasteiger partial charge in [-0.2, -0.15) is 0 Å². The minimum Gasteiger partial charge on any atom is -0.870 e. The Kier molecular flexibility index (Phi) is 18.0. The zero-order valence-electron chi connectivity index (χ0n) is 50.3. The number of carbonyl (C=O) groups is 2. The summed E-state index contributed by atoms with van der Waals surface area (Å²) in [6.45, 7) is 41.0. The van der Waals surface area contributed by atoms with Gasteiger partial charge in [0.2, 0.25) is 0 Å². The quantitative estimate of drug-likeness (QED) is 0.0816. The van der Waals surface area contributed by atoms with Gasteiger partial charge in [-0.15, -0.1) is 0 Å². The van der Waals surface area contributed by atoms with Crippen molar-refractivity contribution < 1.29 is 86.5 Å². The Labute approximate surface area is 499 Å². The Hall–Kier alpha value is -0.144. The van der Waals surface area contributed by atoms with Crippen LogP contribution in [0.2, 0.25) is 0 Å². The van der Waals surface area contributed by atoms with Crippen LogP contribution in [0.1, 0.15) is 212 Å². The first-order valence-electron chi connectivity index (χ1n) is 30.4. The van der Waals surface area contributed by atoms with Gasteiger partial charge in [0.05, 0.1) is 32.4 Å². The first kappa shape index (κ1) is 62.5. The summed E-state index contributed by atoms with van der Waals surface area (Å²) < 4.78 is 4.93. The van der Waals surface area contributed by atoms with Crippen LogP contribution < -0.4 is 62.0 Å². The summed E-state index contributed by atoms with van der Waals surface area (Å²) in [4.78, 5) is 23.2. The van der Waals surface area contributed by atoms with Crippen molar-refractivity contribution in [3.05, 3.63) is 24.3 Å². The van der Waals surface area contributed by atoms with E-state index in [9.17, 15) is 24.9 Å². The van der Waals surface area contributed by atoms with Crippen LogP contribution >= 0.6 is 0 Å². The van der Waals surface area contributed by atoms with Crippen molar-refractivity contribution in [1.82, 2.24) is 10.6 Å². The number of methoxy groups -OCH3 is 1. The number of carboxylic acids is 1. The van der Waals surface area contributed by atoms with E-state index in [1.54, 1.807) is 0 Å².